The zero-order valence-electron chi connectivity index (χ0n) is 15.8. The van der Waals surface area contributed by atoms with Gasteiger partial charge in [0, 0.05) is 31.4 Å². The van der Waals surface area contributed by atoms with E-state index in [1.807, 2.05) is 19.1 Å². The first-order valence-corrected chi connectivity index (χ1v) is 10.5. The Balaban J connectivity index is 1.38. The summed E-state index contributed by atoms with van der Waals surface area (Å²) in [6.45, 7) is 4.08. The van der Waals surface area contributed by atoms with Gasteiger partial charge in [0.1, 0.15) is 5.82 Å². The molecule has 7 nitrogen and oxygen atoms in total. The first-order chi connectivity index (χ1) is 13.9. The van der Waals surface area contributed by atoms with Crippen LogP contribution in [-0.2, 0) is 11.5 Å². The number of fused-ring (bicyclic) bond motifs is 1. The third kappa shape index (κ3) is 4.45. The highest BCUT2D eigenvalue weighted by atomic mass is 35.5. The van der Waals surface area contributed by atoms with Crippen LogP contribution in [0.4, 0.5) is 5.82 Å². The number of halogens is 2. The van der Waals surface area contributed by atoms with E-state index < -0.39 is 0 Å². The van der Waals surface area contributed by atoms with Crippen molar-refractivity contribution in [2.24, 2.45) is 5.92 Å². The Hall–Kier alpha value is -2.00. The average Bonchev–Trinajstić information content (AvgIpc) is 2.99. The van der Waals surface area contributed by atoms with Gasteiger partial charge in [-0.2, -0.15) is 0 Å². The Morgan fingerprint density at radius 1 is 1.31 bits per heavy atom. The number of hydrogen-bond donors (Lipinski definition) is 1. The summed E-state index contributed by atoms with van der Waals surface area (Å²) < 4.78 is 3.99. The number of aromatic nitrogens is 4. The third-order valence-corrected chi connectivity index (χ3v) is 5.95. The van der Waals surface area contributed by atoms with Gasteiger partial charge < -0.3 is 5.32 Å². The summed E-state index contributed by atoms with van der Waals surface area (Å²) in [5.41, 5.74) is 1.65. The van der Waals surface area contributed by atoms with Crippen molar-refractivity contribution in [2.45, 2.75) is 26.4 Å². The molecule has 1 N–H and O–H groups in total. The number of likely N-dealkylation sites (tertiary alicyclic amines) is 1. The number of pyridine rings is 2. The lowest BCUT2D eigenvalue weighted by atomic mass is 9.96. The Morgan fingerprint density at radius 2 is 2.07 bits per heavy atom. The monoisotopic (exact) mass is 450 g/mol. The van der Waals surface area contributed by atoms with Gasteiger partial charge in [-0.25, -0.2) is 9.67 Å². The number of rotatable bonds is 4. The quantitative estimate of drug-likeness (QED) is 0.603. The number of anilines is 1. The molecule has 152 valence electrons. The fourth-order valence-corrected chi connectivity index (χ4v) is 4.24. The molecule has 0 aromatic carbocycles. The molecular formula is C19H20Cl2N6OS. The van der Waals surface area contributed by atoms with Crippen LogP contribution >= 0.6 is 35.4 Å². The summed E-state index contributed by atoms with van der Waals surface area (Å²) in [7, 11) is 0. The summed E-state index contributed by atoms with van der Waals surface area (Å²) in [6.07, 6.45) is 4.95. The molecule has 1 saturated heterocycles. The molecule has 0 unspecified atom stereocenters. The maximum absolute atomic E-state index is 12.6. The minimum Gasteiger partial charge on any atom is -0.310 e. The van der Waals surface area contributed by atoms with E-state index in [0.29, 0.717) is 33.0 Å². The summed E-state index contributed by atoms with van der Waals surface area (Å²) >= 11 is 17.8. The van der Waals surface area contributed by atoms with E-state index in [1.54, 1.807) is 27.5 Å². The van der Waals surface area contributed by atoms with Gasteiger partial charge in [-0.1, -0.05) is 23.2 Å². The molecule has 1 amide bonds. The van der Waals surface area contributed by atoms with Crippen LogP contribution in [0.15, 0.2) is 30.6 Å². The predicted molar refractivity (Wildman–Crippen MR) is 116 cm³/mol. The van der Waals surface area contributed by atoms with Crippen molar-refractivity contribution in [3.05, 3.63) is 51.0 Å². The molecule has 10 heteroatoms. The normalized spacial score (nSPS) is 15.7. The number of nitrogens with zero attached hydrogens (tertiary/aromatic N) is 5. The van der Waals surface area contributed by atoms with Gasteiger partial charge in [0.25, 0.3) is 0 Å². The smallest absolute Gasteiger partial charge is 0.228 e. The molecule has 0 radical (unpaired) electrons. The van der Waals surface area contributed by atoms with Gasteiger partial charge in [-0.15, -0.1) is 5.10 Å². The van der Waals surface area contributed by atoms with Gasteiger partial charge in [-0.05, 0) is 55.7 Å². The van der Waals surface area contributed by atoms with Crippen LogP contribution < -0.4 is 5.32 Å². The van der Waals surface area contributed by atoms with E-state index in [9.17, 15) is 4.79 Å². The molecule has 4 heterocycles. The summed E-state index contributed by atoms with van der Waals surface area (Å²) in [4.78, 5) is 19.0. The minimum atomic E-state index is -0.0316. The Labute approximate surface area is 183 Å². The van der Waals surface area contributed by atoms with E-state index in [4.69, 9.17) is 35.4 Å². The van der Waals surface area contributed by atoms with Crippen molar-refractivity contribution in [2.75, 3.05) is 18.4 Å². The Bertz CT molecular complexity index is 1120. The zero-order valence-corrected chi connectivity index (χ0v) is 18.1. The molecular weight excluding hydrogens is 431 g/mol. The van der Waals surface area contributed by atoms with E-state index in [1.165, 1.54) is 0 Å². The van der Waals surface area contributed by atoms with E-state index in [-0.39, 0.29) is 11.8 Å². The van der Waals surface area contributed by atoms with Gasteiger partial charge in [0.05, 0.1) is 16.7 Å². The van der Waals surface area contributed by atoms with Gasteiger partial charge >= 0.3 is 0 Å². The van der Waals surface area contributed by atoms with Gasteiger partial charge in [0.15, 0.2) is 5.65 Å². The largest absolute Gasteiger partial charge is 0.310 e. The zero-order chi connectivity index (χ0) is 20.5. The van der Waals surface area contributed by atoms with Crippen molar-refractivity contribution in [3.8, 4) is 0 Å². The molecule has 1 aliphatic rings. The molecule has 4 rings (SSSR count). The topological polar surface area (TPSA) is 67.5 Å². The SMILES string of the molecule is Cc1ccnc(NC(=O)C2CCN(Cn3nc4c(Cl)cc(Cl)cn4c3=S)CC2)c1. The van der Waals surface area contributed by atoms with E-state index >= 15 is 0 Å². The lowest BCUT2D eigenvalue weighted by Gasteiger charge is -2.30. The molecule has 1 aliphatic heterocycles. The molecule has 3 aromatic heterocycles. The Kier molecular flexibility index (Phi) is 5.87. The highest BCUT2D eigenvalue weighted by molar-refractivity contribution is 7.71. The molecule has 0 bridgehead atoms. The Morgan fingerprint density at radius 3 is 2.79 bits per heavy atom. The second kappa shape index (κ2) is 8.39. The van der Waals surface area contributed by atoms with Crippen molar-refractivity contribution in [1.82, 2.24) is 24.1 Å². The van der Waals surface area contributed by atoms with Crippen LogP contribution in [0.25, 0.3) is 5.65 Å². The van der Waals surface area contributed by atoms with Crippen LogP contribution in [0.2, 0.25) is 10.0 Å². The number of nitrogens with one attached hydrogen (secondary N) is 1. The predicted octanol–water partition coefficient (Wildman–Crippen LogP) is 4.18. The first-order valence-electron chi connectivity index (χ1n) is 9.31. The van der Waals surface area contributed by atoms with Crippen LogP contribution in [0.3, 0.4) is 0 Å². The van der Waals surface area contributed by atoms with Crippen molar-refractivity contribution < 1.29 is 4.79 Å². The van der Waals surface area contributed by atoms with Crippen LogP contribution in [-0.4, -0.2) is 43.1 Å². The third-order valence-electron chi connectivity index (χ3n) is 5.06. The highest BCUT2D eigenvalue weighted by Gasteiger charge is 2.26. The molecule has 3 aromatic rings. The van der Waals surface area contributed by atoms with Crippen molar-refractivity contribution in [1.29, 1.82) is 0 Å². The van der Waals surface area contributed by atoms with Crippen LogP contribution in [0.1, 0.15) is 18.4 Å². The van der Waals surface area contributed by atoms with Crippen molar-refractivity contribution >= 4 is 52.8 Å². The molecule has 29 heavy (non-hydrogen) atoms. The molecule has 0 saturated carbocycles. The highest BCUT2D eigenvalue weighted by Crippen LogP contribution is 2.23. The summed E-state index contributed by atoms with van der Waals surface area (Å²) in [5, 5.41) is 8.41. The van der Waals surface area contributed by atoms with E-state index in [0.717, 1.165) is 31.5 Å². The minimum absolute atomic E-state index is 0.0218. The fourth-order valence-electron chi connectivity index (χ4n) is 3.50. The number of hydrogen-bond acceptors (Lipinski definition) is 5. The van der Waals surface area contributed by atoms with Gasteiger partial charge in [-0.3, -0.25) is 14.1 Å². The number of carbonyl (C=O) groups excluding carboxylic acids is 1. The fraction of sp³-hybridized carbons (Fsp3) is 0.368. The van der Waals surface area contributed by atoms with Crippen molar-refractivity contribution in [3.63, 3.8) is 0 Å². The molecule has 1 fully saturated rings. The second-order valence-electron chi connectivity index (χ2n) is 7.22. The standard InChI is InChI=1S/C19H20Cl2N6OS/c1-12-2-5-22-16(8-12)23-18(28)13-3-6-25(7-4-13)11-27-19(29)26-10-14(20)9-15(21)17(26)24-27/h2,5,8-10,13H,3-4,6-7,11H2,1H3,(H,22,23,28). The molecule has 0 atom stereocenters. The lowest BCUT2D eigenvalue weighted by molar-refractivity contribution is -0.121. The van der Waals surface area contributed by atoms with Gasteiger partial charge in [0.2, 0.25) is 10.7 Å². The van der Waals surface area contributed by atoms with Crippen LogP contribution in [0.5, 0.6) is 0 Å². The number of aryl methyl sites for hydroxylation is 1. The maximum atomic E-state index is 12.6. The number of piperidine rings is 1. The summed E-state index contributed by atoms with van der Waals surface area (Å²) in [5.74, 6) is 0.591. The lowest BCUT2D eigenvalue weighted by Crippen LogP contribution is -2.39. The summed E-state index contributed by atoms with van der Waals surface area (Å²) in [6, 6.07) is 5.42. The maximum Gasteiger partial charge on any atom is 0.228 e. The van der Waals surface area contributed by atoms with E-state index in [2.05, 4.69) is 20.3 Å². The first kappa shape index (κ1) is 20.3. The number of carbonyl (C=O) groups is 1. The second-order valence-corrected chi connectivity index (χ2v) is 8.43. The number of amides is 1. The average molecular weight is 451 g/mol. The van der Waals surface area contributed by atoms with Crippen LogP contribution in [0, 0.1) is 17.6 Å². The molecule has 0 spiro atoms. The molecule has 0 aliphatic carbocycles.